The molecule has 1 aliphatic rings. The molecule has 2 aromatic carbocycles. The fourth-order valence-electron chi connectivity index (χ4n) is 4.39. The van der Waals surface area contributed by atoms with Gasteiger partial charge in [-0.25, -0.2) is 4.98 Å². The Bertz CT molecular complexity index is 1270. The molecule has 8 heteroatoms. The smallest absolute Gasteiger partial charge is 0.302 e. The molecule has 172 valence electrons. The molecule has 1 heterocycles. The molecule has 1 aliphatic carbocycles. The molecule has 33 heavy (non-hydrogen) atoms. The first kappa shape index (κ1) is 23.3. The monoisotopic (exact) mass is 485 g/mol. The summed E-state index contributed by atoms with van der Waals surface area (Å²) in [6.07, 6.45) is 0.820. The third-order valence-corrected chi connectivity index (χ3v) is 6.42. The second-order valence-corrected chi connectivity index (χ2v) is 8.80. The Hall–Kier alpha value is -2.83. The molecule has 0 aliphatic heterocycles. The molecule has 0 amide bonds. The number of aryl methyl sites for hydroxylation is 1. The van der Waals surface area contributed by atoms with Crippen LogP contribution in [0.25, 0.3) is 11.3 Å². The molecule has 0 saturated carbocycles. The third kappa shape index (κ3) is 4.50. The Labute approximate surface area is 202 Å². The quantitative estimate of drug-likeness (QED) is 0.470. The second kappa shape index (κ2) is 9.57. The number of rotatable bonds is 6. The van der Waals surface area contributed by atoms with Crippen LogP contribution in [0.3, 0.4) is 0 Å². The first-order valence-electron chi connectivity index (χ1n) is 10.9. The highest BCUT2D eigenvalue weighted by Gasteiger charge is 2.35. The van der Waals surface area contributed by atoms with Crippen molar-refractivity contribution in [1.82, 2.24) is 9.55 Å². The lowest BCUT2D eigenvalue weighted by atomic mass is 10.1. The number of fused-ring (bicyclic) bond motifs is 1. The maximum Gasteiger partial charge on any atom is 0.302 e. The van der Waals surface area contributed by atoms with Crippen LogP contribution < -0.4 is 10.9 Å². The average molecular weight is 486 g/mol. The van der Waals surface area contributed by atoms with Crippen LogP contribution in [-0.2, 0) is 28.9 Å². The zero-order chi connectivity index (χ0) is 23.7. The number of nitrogens with one attached hydrogen (secondary N) is 1. The van der Waals surface area contributed by atoms with E-state index in [1.54, 1.807) is 22.8 Å². The Balaban J connectivity index is 1.83. The van der Waals surface area contributed by atoms with E-state index in [0.29, 0.717) is 40.8 Å². The van der Waals surface area contributed by atoms with Crippen molar-refractivity contribution in [2.75, 3.05) is 5.32 Å². The van der Waals surface area contributed by atoms with E-state index in [-0.39, 0.29) is 29.4 Å². The van der Waals surface area contributed by atoms with Crippen LogP contribution in [0, 0.1) is 0 Å². The molecule has 3 aromatic rings. The largest absolute Gasteiger partial charge is 0.460 e. The number of nitrogens with zero attached hydrogens (tertiary/aromatic N) is 2. The lowest BCUT2D eigenvalue weighted by Gasteiger charge is -2.26. The van der Waals surface area contributed by atoms with Crippen LogP contribution in [0.1, 0.15) is 43.6 Å². The van der Waals surface area contributed by atoms with E-state index in [2.05, 4.69) is 5.32 Å². The van der Waals surface area contributed by atoms with E-state index < -0.39 is 0 Å². The van der Waals surface area contributed by atoms with Crippen LogP contribution >= 0.6 is 23.2 Å². The number of aromatic nitrogens is 2. The molecule has 2 atom stereocenters. The molecule has 0 unspecified atom stereocenters. The highest BCUT2D eigenvalue weighted by atomic mass is 35.5. The van der Waals surface area contributed by atoms with Gasteiger partial charge < -0.3 is 10.1 Å². The number of anilines is 1. The second-order valence-electron chi connectivity index (χ2n) is 7.96. The Morgan fingerprint density at radius 3 is 2.64 bits per heavy atom. The fraction of sp³-hybridized carbons (Fsp3) is 0.320. The number of benzene rings is 2. The van der Waals surface area contributed by atoms with Gasteiger partial charge in [-0.3, -0.25) is 14.2 Å². The van der Waals surface area contributed by atoms with E-state index in [0.717, 1.165) is 16.8 Å². The van der Waals surface area contributed by atoms with Gasteiger partial charge in [0.25, 0.3) is 5.56 Å². The summed E-state index contributed by atoms with van der Waals surface area (Å²) >= 11 is 12.4. The van der Waals surface area contributed by atoms with Crippen molar-refractivity contribution in [3.63, 3.8) is 0 Å². The van der Waals surface area contributed by atoms with E-state index in [1.807, 2.05) is 38.1 Å². The fourth-order valence-corrected chi connectivity index (χ4v) is 4.88. The molecule has 1 aromatic heterocycles. The minimum atomic E-state index is -0.379. The van der Waals surface area contributed by atoms with Crippen molar-refractivity contribution >= 4 is 35.0 Å². The van der Waals surface area contributed by atoms with Gasteiger partial charge >= 0.3 is 5.97 Å². The van der Waals surface area contributed by atoms with Gasteiger partial charge in [0.1, 0.15) is 17.6 Å². The van der Waals surface area contributed by atoms with Gasteiger partial charge in [0, 0.05) is 30.5 Å². The summed E-state index contributed by atoms with van der Waals surface area (Å²) in [5.41, 5.74) is 3.45. The molecular weight excluding hydrogens is 461 g/mol. The number of carbonyl (C=O) groups is 1. The van der Waals surface area contributed by atoms with Crippen molar-refractivity contribution in [1.29, 1.82) is 0 Å². The predicted molar refractivity (Wildman–Crippen MR) is 131 cm³/mol. The molecule has 6 nitrogen and oxygen atoms in total. The zero-order valence-electron chi connectivity index (χ0n) is 18.7. The maximum atomic E-state index is 13.5. The molecule has 0 saturated heterocycles. The van der Waals surface area contributed by atoms with Crippen LogP contribution in [0.4, 0.5) is 5.82 Å². The van der Waals surface area contributed by atoms with Gasteiger partial charge in [-0.15, -0.1) is 0 Å². The molecule has 4 rings (SSSR count). The van der Waals surface area contributed by atoms with E-state index in [9.17, 15) is 9.59 Å². The van der Waals surface area contributed by atoms with Crippen molar-refractivity contribution in [2.45, 2.75) is 52.3 Å². The molecular formula is C25H25Cl2N3O3. The number of hydrogen-bond acceptors (Lipinski definition) is 5. The predicted octanol–water partition coefficient (Wildman–Crippen LogP) is 5.44. The van der Waals surface area contributed by atoms with Gasteiger partial charge in [-0.2, -0.15) is 0 Å². The molecule has 0 bridgehead atoms. The minimum absolute atomic E-state index is 0.253. The Morgan fingerprint density at radius 2 is 1.97 bits per heavy atom. The van der Waals surface area contributed by atoms with Crippen molar-refractivity contribution < 1.29 is 9.53 Å². The maximum absolute atomic E-state index is 13.5. The summed E-state index contributed by atoms with van der Waals surface area (Å²) in [4.78, 5) is 30.0. The summed E-state index contributed by atoms with van der Waals surface area (Å²) in [5.74, 6) is 0.284. The minimum Gasteiger partial charge on any atom is -0.460 e. The number of ether oxygens (including phenoxy) is 1. The number of halogens is 2. The third-order valence-electron chi connectivity index (χ3n) is 5.87. The van der Waals surface area contributed by atoms with Gasteiger partial charge in [0.05, 0.1) is 16.8 Å². The first-order chi connectivity index (χ1) is 15.8. The summed E-state index contributed by atoms with van der Waals surface area (Å²) in [5, 5.41) is 4.37. The highest BCUT2D eigenvalue weighted by molar-refractivity contribution is 6.36. The van der Waals surface area contributed by atoms with E-state index in [1.165, 1.54) is 6.92 Å². The standard InChI is InChI=1S/C25H25Cl2N3O3/c1-4-20-24(29-22-17-9-7-6-8-15(17)12-21(22)33-14(3)31)30(5-2)25(32)23(28-20)18-11-10-16(26)13-19(18)27/h6-11,13,21-22,29H,4-5,12H2,1-3H3/t21-,22-/m0/s1. The zero-order valence-corrected chi connectivity index (χ0v) is 20.2. The number of carbonyl (C=O) groups excluding carboxylic acids is 1. The summed E-state index contributed by atoms with van der Waals surface area (Å²) in [6.45, 7) is 5.73. The summed E-state index contributed by atoms with van der Waals surface area (Å²) in [6, 6.07) is 12.7. The Kier molecular flexibility index (Phi) is 6.77. The van der Waals surface area contributed by atoms with Crippen LogP contribution in [0.2, 0.25) is 10.0 Å². The molecule has 0 spiro atoms. The van der Waals surface area contributed by atoms with Gasteiger partial charge in [0.15, 0.2) is 0 Å². The normalized spacial score (nSPS) is 17.0. The van der Waals surface area contributed by atoms with Gasteiger partial charge in [-0.05, 0) is 42.7 Å². The summed E-state index contributed by atoms with van der Waals surface area (Å²) < 4.78 is 7.30. The first-order valence-corrected chi connectivity index (χ1v) is 11.7. The van der Waals surface area contributed by atoms with Crippen LogP contribution in [0.5, 0.6) is 0 Å². The number of esters is 1. The molecule has 0 radical (unpaired) electrons. The highest BCUT2D eigenvalue weighted by Crippen LogP contribution is 2.37. The van der Waals surface area contributed by atoms with Crippen LogP contribution in [0.15, 0.2) is 47.3 Å². The topological polar surface area (TPSA) is 73.2 Å². The molecule has 0 fully saturated rings. The van der Waals surface area contributed by atoms with Crippen LogP contribution in [-0.4, -0.2) is 21.6 Å². The van der Waals surface area contributed by atoms with E-state index >= 15 is 0 Å². The van der Waals surface area contributed by atoms with Crippen molar-refractivity contribution in [3.05, 3.63) is 79.7 Å². The summed E-state index contributed by atoms with van der Waals surface area (Å²) in [7, 11) is 0. The van der Waals surface area contributed by atoms with Gasteiger partial charge in [-0.1, -0.05) is 54.4 Å². The molecule has 1 N–H and O–H groups in total. The van der Waals surface area contributed by atoms with Gasteiger partial charge in [0.2, 0.25) is 0 Å². The number of hydrogen-bond donors (Lipinski definition) is 1. The SMILES string of the molecule is CCc1nc(-c2ccc(Cl)cc2Cl)c(=O)n(CC)c1N[C@H]1c2ccccc2C[C@@H]1OC(C)=O. The Morgan fingerprint density at radius 1 is 1.21 bits per heavy atom. The van der Waals surface area contributed by atoms with Crippen molar-refractivity contribution in [2.24, 2.45) is 0 Å². The lowest BCUT2D eigenvalue weighted by molar-refractivity contribution is -0.146. The van der Waals surface area contributed by atoms with Crippen molar-refractivity contribution in [3.8, 4) is 11.3 Å². The lowest BCUT2D eigenvalue weighted by Crippen LogP contribution is -2.32. The van der Waals surface area contributed by atoms with E-state index in [4.69, 9.17) is 32.9 Å². The average Bonchev–Trinajstić information content (AvgIpc) is 3.11.